The van der Waals surface area contributed by atoms with Gasteiger partial charge in [-0.1, -0.05) is 0 Å². The van der Waals surface area contributed by atoms with Crippen molar-refractivity contribution in [2.24, 2.45) is 5.41 Å². The Bertz CT molecular complexity index is 788. The standard InChI is InChI=1S/C17H18Cl2FN3O/c1-10(22-15(24)16(3)9-17(16,18)19)14-8-21-23(11(14)2)13-6-4-12(20)5-7-13/h4-8,10H,9H2,1-3H3,(H,22,24). The summed E-state index contributed by atoms with van der Waals surface area (Å²) in [6.07, 6.45) is 2.14. The number of rotatable bonds is 4. The van der Waals surface area contributed by atoms with E-state index in [9.17, 15) is 9.18 Å². The molecular weight excluding hydrogens is 352 g/mol. The number of carbonyl (C=O) groups is 1. The maximum Gasteiger partial charge on any atom is 0.229 e. The van der Waals surface area contributed by atoms with Gasteiger partial charge in [0.2, 0.25) is 5.91 Å². The number of benzene rings is 1. The SMILES string of the molecule is Cc1c(C(C)NC(=O)C2(C)CC2(Cl)Cl)cnn1-c1ccc(F)cc1. The third kappa shape index (κ3) is 2.80. The quantitative estimate of drug-likeness (QED) is 0.825. The first-order chi connectivity index (χ1) is 11.2. The molecule has 2 aromatic rings. The summed E-state index contributed by atoms with van der Waals surface area (Å²) >= 11 is 12.1. The van der Waals surface area contributed by atoms with E-state index in [2.05, 4.69) is 10.4 Å². The van der Waals surface area contributed by atoms with Gasteiger partial charge in [-0.3, -0.25) is 4.79 Å². The lowest BCUT2D eigenvalue weighted by atomic mass is 10.1. The number of alkyl halides is 2. The molecule has 1 amide bonds. The number of nitrogens with zero attached hydrogens (tertiary/aromatic N) is 2. The summed E-state index contributed by atoms with van der Waals surface area (Å²) in [5.74, 6) is -0.471. The third-order valence-electron chi connectivity index (χ3n) is 4.69. The fourth-order valence-corrected chi connectivity index (χ4v) is 3.48. The van der Waals surface area contributed by atoms with Crippen LogP contribution in [-0.4, -0.2) is 20.0 Å². The minimum absolute atomic E-state index is 0.172. The van der Waals surface area contributed by atoms with Crippen molar-refractivity contribution in [3.8, 4) is 5.69 Å². The lowest BCUT2D eigenvalue weighted by Gasteiger charge is -2.18. The molecule has 1 aromatic heterocycles. The summed E-state index contributed by atoms with van der Waals surface area (Å²) in [4.78, 5) is 12.4. The van der Waals surface area contributed by atoms with Gasteiger partial charge in [0.25, 0.3) is 0 Å². The molecule has 1 heterocycles. The molecule has 0 spiro atoms. The topological polar surface area (TPSA) is 46.9 Å². The molecule has 1 aliphatic carbocycles. The van der Waals surface area contributed by atoms with Gasteiger partial charge in [0.15, 0.2) is 0 Å². The molecule has 1 saturated carbocycles. The Morgan fingerprint density at radius 1 is 1.38 bits per heavy atom. The number of halogens is 3. The van der Waals surface area contributed by atoms with E-state index in [0.717, 1.165) is 16.9 Å². The molecule has 7 heteroatoms. The highest BCUT2D eigenvalue weighted by Crippen LogP contribution is 2.63. The largest absolute Gasteiger partial charge is 0.349 e. The van der Waals surface area contributed by atoms with Crippen LogP contribution in [0.2, 0.25) is 0 Å². The Balaban J connectivity index is 1.78. The summed E-state index contributed by atoms with van der Waals surface area (Å²) in [7, 11) is 0. The average Bonchev–Trinajstić information content (AvgIpc) is 2.85. The minimum atomic E-state index is -0.996. The molecule has 128 valence electrons. The first kappa shape index (κ1) is 17.2. The van der Waals surface area contributed by atoms with E-state index in [0.29, 0.717) is 6.42 Å². The second-order valence-electron chi connectivity index (χ2n) is 6.48. The highest BCUT2D eigenvalue weighted by atomic mass is 35.5. The van der Waals surface area contributed by atoms with Gasteiger partial charge in [0.05, 0.1) is 23.3 Å². The molecular formula is C17H18Cl2FN3O. The molecule has 4 nitrogen and oxygen atoms in total. The number of aromatic nitrogens is 2. The van der Waals surface area contributed by atoms with Crippen LogP contribution in [0.3, 0.4) is 0 Å². The van der Waals surface area contributed by atoms with Crippen molar-refractivity contribution < 1.29 is 9.18 Å². The van der Waals surface area contributed by atoms with E-state index in [1.54, 1.807) is 29.9 Å². The van der Waals surface area contributed by atoms with Crippen LogP contribution < -0.4 is 5.32 Å². The minimum Gasteiger partial charge on any atom is -0.349 e. The molecule has 1 aromatic carbocycles. The number of carbonyl (C=O) groups excluding carboxylic acids is 1. The Kier molecular flexibility index (Phi) is 4.12. The fraction of sp³-hybridized carbons (Fsp3) is 0.412. The number of amides is 1. The van der Waals surface area contributed by atoms with Gasteiger partial charge in [-0.2, -0.15) is 5.10 Å². The Morgan fingerprint density at radius 3 is 2.50 bits per heavy atom. The van der Waals surface area contributed by atoms with E-state index >= 15 is 0 Å². The molecule has 2 unspecified atom stereocenters. The monoisotopic (exact) mass is 369 g/mol. The lowest BCUT2D eigenvalue weighted by Crippen LogP contribution is -2.35. The van der Waals surface area contributed by atoms with Crippen LogP contribution >= 0.6 is 23.2 Å². The van der Waals surface area contributed by atoms with Gasteiger partial charge < -0.3 is 5.32 Å². The fourth-order valence-electron chi connectivity index (χ4n) is 2.77. The van der Waals surface area contributed by atoms with E-state index < -0.39 is 9.75 Å². The summed E-state index contributed by atoms with van der Waals surface area (Å²) in [5, 5.41) is 7.29. The predicted molar refractivity (Wildman–Crippen MR) is 92.0 cm³/mol. The van der Waals surface area contributed by atoms with Crippen LogP contribution in [-0.2, 0) is 4.79 Å². The van der Waals surface area contributed by atoms with E-state index in [1.165, 1.54) is 12.1 Å². The van der Waals surface area contributed by atoms with Crippen molar-refractivity contribution in [1.82, 2.24) is 15.1 Å². The molecule has 2 atom stereocenters. The first-order valence-corrected chi connectivity index (χ1v) is 8.40. The molecule has 1 aliphatic rings. The second-order valence-corrected chi connectivity index (χ2v) is 7.97. The number of hydrogen-bond donors (Lipinski definition) is 1. The molecule has 3 rings (SSSR count). The van der Waals surface area contributed by atoms with E-state index in [4.69, 9.17) is 23.2 Å². The predicted octanol–water partition coefficient (Wildman–Crippen LogP) is 4.08. The molecule has 0 saturated heterocycles. The normalized spacial score (nSPS) is 22.9. The van der Waals surface area contributed by atoms with Crippen LogP contribution in [0.25, 0.3) is 5.69 Å². The van der Waals surface area contributed by atoms with Crippen molar-refractivity contribution in [3.63, 3.8) is 0 Å². The zero-order valence-electron chi connectivity index (χ0n) is 13.6. The molecule has 1 fully saturated rings. The van der Waals surface area contributed by atoms with E-state index in [1.807, 2.05) is 13.8 Å². The van der Waals surface area contributed by atoms with Crippen molar-refractivity contribution >= 4 is 29.1 Å². The van der Waals surface area contributed by atoms with Gasteiger partial charge in [-0.25, -0.2) is 9.07 Å². The van der Waals surface area contributed by atoms with Crippen LogP contribution in [0.5, 0.6) is 0 Å². The highest BCUT2D eigenvalue weighted by molar-refractivity contribution is 6.53. The van der Waals surface area contributed by atoms with Crippen molar-refractivity contribution in [2.45, 2.75) is 37.6 Å². The Morgan fingerprint density at radius 2 is 1.96 bits per heavy atom. The molecule has 24 heavy (non-hydrogen) atoms. The maximum atomic E-state index is 13.1. The van der Waals surface area contributed by atoms with Crippen LogP contribution in [0, 0.1) is 18.2 Å². The average molecular weight is 370 g/mol. The zero-order valence-corrected chi connectivity index (χ0v) is 15.1. The van der Waals surface area contributed by atoms with Gasteiger partial charge in [-0.05, 0) is 51.5 Å². The summed E-state index contributed by atoms with van der Waals surface area (Å²) < 4.78 is 13.8. The summed E-state index contributed by atoms with van der Waals surface area (Å²) in [6, 6.07) is 5.84. The number of hydrogen-bond acceptors (Lipinski definition) is 2. The van der Waals surface area contributed by atoms with Crippen molar-refractivity contribution in [3.05, 3.63) is 47.5 Å². The van der Waals surface area contributed by atoms with Gasteiger partial charge in [0, 0.05) is 11.3 Å². The Hall–Kier alpha value is -1.59. The summed E-state index contributed by atoms with van der Waals surface area (Å²) in [6.45, 7) is 5.54. The molecule has 0 aliphatic heterocycles. The molecule has 0 bridgehead atoms. The van der Waals surface area contributed by atoms with Crippen molar-refractivity contribution in [2.75, 3.05) is 0 Å². The van der Waals surface area contributed by atoms with Gasteiger partial charge in [0.1, 0.15) is 10.2 Å². The van der Waals surface area contributed by atoms with Gasteiger partial charge in [-0.15, -0.1) is 23.2 Å². The summed E-state index contributed by atoms with van der Waals surface area (Å²) in [5.41, 5.74) is 1.75. The van der Waals surface area contributed by atoms with E-state index in [-0.39, 0.29) is 17.8 Å². The highest BCUT2D eigenvalue weighted by Gasteiger charge is 2.68. The van der Waals surface area contributed by atoms with Crippen LogP contribution in [0.1, 0.15) is 37.6 Å². The van der Waals surface area contributed by atoms with Crippen LogP contribution in [0.15, 0.2) is 30.5 Å². The second kappa shape index (κ2) is 5.74. The molecule has 1 N–H and O–H groups in total. The van der Waals surface area contributed by atoms with Crippen LogP contribution in [0.4, 0.5) is 4.39 Å². The van der Waals surface area contributed by atoms with Crippen molar-refractivity contribution in [1.29, 1.82) is 0 Å². The smallest absolute Gasteiger partial charge is 0.229 e. The zero-order chi connectivity index (χ0) is 17.7. The maximum absolute atomic E-state index is 13.1. The number of nitrogens with one attached hydrogen (secondary N) is 1. The molecule has 0 radical (unpaired) electrons. The van der Waals surface area contributed by atoms with Gasteiger partial charge >= 0.3 is 0 Å². The Labute approximate surface area is 149 Å². The first-order valence-electron chi connectivity index (χ1n) is 7.65. The lowest BCUT2D eigenvalue weighted by molar-refractivity contribution is -0.126. The third-order valence-corrected chi connectivity index (χ3v) is 5.79.